The van der Waals surface area contributed by atoms with Gasteiger partial charge in [0, 0.05) is 24.8 Å². The lowest BCUT2D eigenvalue weighted by molar-refractivity contribution is -0.117. The largest absolute Gasteiger partial charge is 0.473 e. The second-order valence-electron chi connectivity index (χ2n) is 5.93. The van der Waals surface area contributed by atoms with Crippen molar-refractivity contribution < 1.29 is 13.9 Å². The van der Waals surface area contributed by atoms with Crippen LogP contribution in [0.4, 0.5) is 10.1 Å². The number of aryl methyl sites for hydroxylation is 1. The predicted octanol–water partition coefficient (Wildman–Crippen LogP) is 2.62. The van der Waals surface area contributed by atoms with Crippen LogP contribution in [-0.4, -0.2) is 41.5 Å². The second-order valence-corrected chi connectivity index (χ2v) is 5.93. The maximum Gasteiger partial charge on any atom is 0.238 e. The van der Waals surface area contributed by atoms with E-state index in [9.17, 15) is 9.18 Å². The third kappa shape index (κ3) is 4.29. The summed E-state index contributed by atoms with van der Waals surface area (Å²) >= 11 is 0. The van der Waals surface area contributed by atoms with E-state index < -0.39 is 5.95 Å². The fourth-order valence-corrected chi connectivity index (χ4v) is 2.77. The number of halogens is 1. The van der Waals surface area contributed by atoms with Gasteiger partial charge in [-0.05, 0) is 31.0 Å². The molecule has 0 bridgehead atoms. The number of nitrogens with one attached hydrogen (secondary N) is 1. The second kappa shape index (κ2) is 7.40. The molecule has 0 aliphatic carbocycles. The molecule has 1 aliphatic heterocycles. The molecule has 2 heterocycles. The monoisotopic (exact) mass is 329 g/mol. The highest BCUT2D eigenvalue weighted by atomic mass is 19.1. The molecule has 126 valence electrons. The van der Waals surface area contributed by atoms with Crippen LogP contribution < -0.4 is 10.1 Å². The van der Waals surface area contributed by atoms with Crippen molar-refractivity contribution in [1.82, 2.24) is 9.88 Å². The zero-order chi connectivity index (χ0) is 16.9. The Hall–Kier alpha value is -2.47. The first-order chi connectivity index (χ1) is 11.6. The Balaban J connectivity index is 1.49. The van der Waals surface area contributed by atoms with Gasteiger partial charge in [0.2, 0.25) is 17.7 Å². The van der Waals surface area contributed by atoms with Crippen molar-refractivity contribution in [1.29, 1.82) is 0 Å². The lowest BCUT2D eigenvalue weighted by Crippen LogP contribution is -2.33. The standard InChI is InChI=1S/C18H20FN3O2/c1-13-5-2-3-6-15(13)20-17(23)12-22-10-9-14(11-22)24-18-8-4-7-16(19)21-18/h2-8,14H,9-12H2,1H3,(H,20,23). The summed E-state index contributed by atoms with van der Waals surface area (Å²) in [5.41, 5.74) is 1.86. The molecule has 3 rings (SSSR count). The molecule has 0 radical (unpaired) electrons. The van der Waals surface area contributed by atoms with E-state index >= 15 is 0 Å². The van der Waals surface area contributed by atoms with Crippen LogP contribution in [0.25, 0.3) is 0 Å². The van der Waals surface area contributed by atoms with Gasteiger partial charge in [-0.2, -0.15) is 9.37 Å². The first kappa shape index (κ1) is 16.4. The van der Waals surface area contributed by atoms with Gasteiger partial charge in [-0.25, -0.2) is 0 Å². The summed E-state index contributed by atoms with van der Waals surface area (Å²) in [6, 6.07) is 12.2. The average Bonchev–Trinajstić information content (AvgIpc) is 2.96. The third-order valence-corrected chi connectivity index (χ3v) is 3.99. The van der Waals surface area contributed by atoms with Gasteiger partial charge in [0.15, 0.2) is 0 Å². The highest BCUT2D eigenvalue weighted by Crippen LogP contribution is 2.17. The Labute approximate surface area is 140 Å². The number of likely N-dealkylation sites (tertiary alicyclic amines) is 1. The molecule has 1 aliphatic rings. The van der Waals surface area contributed by atoms with Gasteiger partial charge in [0.1, 0.15) is 6.10 Å². The number of anilines is 1. The molecular formula is C18H20FN3O2. The fourth-order valence-electron chi connectivity index (χ4n) is 2.77. The lowest BCUT2D eigenvalue weighted by Gasteiger charge is -2.16. The number of ether oxygens (including phenoxy) is 1. The molecule has 24 heavy (non-hydrogen) atoms. The van der Waals surface area contributed by atoms with Crippen molar-refractivity contribution in [3.05, 3.63) is 54.0 Å². The van der Waals surface area contributed by atoms with Crippen molar-refractivity contribution in [2.24, 2.45) is 0 Å². The summed E-state index contributed by atoms with van der Waals surface area (Å²) in [6.45, 7) is 3.66. The van der Waals surface area contributed by atoms with E-state index in [1.54, 1.807) is 12.1 Å². The van der Waals surface area contributed by atoms with Gasteiger partial charge in [-0.3, -0.25) is 9.69 Å². The number of aromatic nitrogens is 1. The minimum absolute atomic E-state index is 0.0474. The van der Waals surface area contributed by atoms with Crippen molar-refractivity contribution in [2.45, 2.75) is 19.4 Å². The van der Waals surface area contributed by atoms with Crippen molar-refractivity contribution >= 4 is 11.6 Å². The summed E-state index contributed by atoms with van der Waals surface area (Å²) in [5.74, 6) is -0.319. The topological polar surface area (TPSA) is 54.5 Å². The van der Waals surface area contributed by atoms with Gasteiger partial charge in [0.25, 0.3) is 0 Å². The van der Waals surface area contributed by atoms with Crippen LogP contribution >= 0.6 is 0 Å². The highest BCUT2D eigenvalue weighted by molar-refractivity contribution is 5.92. The van der Waals surface area contributed by atoms with E-state index in [1.807, 2.05) is 36.1 Å². The maximum absolute atomic E-state index is 13.1. The number of hydrogen-bond acceptors (Lipinski definition) is 4. The molecule has 0 saturated carbocycles. The fraction of sp³-hybridized carbons (Fsp3) is 0.333. The van der Waals surface area contributed by atoms with E-state index in [4.69, 9.17) is 4.74 Å². The number of pyridine rings is 1. The van der Waals surface area contributed by atoms with E-state index in [-0.39, 0.29) is 17.9 Å². The summed E-state index contributed by atoms with van der Waals surface area (Å²) < 4.78 is 18.8. The van der Waals surface area contributed by atoms with Gasteiger partial charge in [0.05, 0.1) is 6.54 Å². The van der Waals surface area contributed by atoms with E-state index in [2.05, 4.69) is 10.3 Å². The molecule has 6 heteroatoms. The van der Waals surface area contributed by atoms with Crippen LogP contribution in [0.2, 0.25) is 0 Å². The molecular weight excluding hydrogens is 309 g/mol. The van der Waals surface area contributed by atoms with Crippen molar-refractivity contribution in [2.75, 3.05) is 25.0 Å². The van der Waals surface area contributed by atoms with Crippen molar-refractivity contribution in [3.8, 4) is 5.88 Å². The Kier molecular flexibility index (Phi) is 5.05. The first-order valence-corrected chi connectivity index (χ1v) is 7.97. The summed E-state index contributed by atoms with van der Waals surface area (Å²) in [4.78, 5) is 17.9. The van der Waals surface area contributed by atoms with Crippen LogP contribution in [0, 0.1) is 12.9 Å². The van der Waals surface area contributed by atoms with Gasteiger partial charge in [-0.1, -0.05) is 24.3 Å². The number of amides is 1. The molecule has 0 spiro atoms. The van der Waals surface area contributed by atoms with Crippen LogP contribution in [0.1, 0.15) is 12.0 Å². The Bertz CT molecular complexity index is 723. The Morgan fingerprint density at radius 2 is 2.17 bits per heavy atom. The Morgan fingerprint density at radius 3 is 2.96 bits per heavy atom. The molecule has 1 aromatic carbocycles. The van der Waals surface area contributed by atoms with Gasteiger partial charge < -0.3 is 10.1 Å². The maximum atomic E-state index is 13.1. The number of benzene rings is 1. The quantitative estimate of drug-likeness (QED) is 0.857. The van der Waals surface area contributed by atoms with Crippen LogP contribution in [-0.2, 0) is 4.79 Å². The van der Waals surface area contributed by atoms with Crippen LogP contribution in [0.15, 0.2) is 42.5 Å². The van der Waals surface area contributed by atoms with E-state index in [1.165, 1.54) is 6.07 Å². The number of carbonyl (C=O) groups is 1. The highest BCUT2D eigenvalue weighted by Gasteiger charge is 2.26. The SMILES string of the molecule is Cc1ccccc1NC(=O)CN1CCC(Oc2cccc(F)n2)C1. The van der Waals surface area contributed by atoms with Gasteiger partial charge in [-0.15, -0.1) is 0 Å². The van der Waals surface area contributed by atoms with Crippen LogP contribution in [0.5, 0.6) is 5.88 Å². The summed E-state index contributed by atoms with van der Waals surface area (Å²) in [5, 5.41) is 2.93. The van der Waals surface area contributed by atoms with E-state index in [0.717, 1.165) is 24.2 Å². The lowest BCUT2D eigenvalue weighted by atomic mass is 10.2. The number of para-hydroxylation sites is 1. The number of carbonyl (C=O) groups excluding carboxylic acids is 1. The summed E-state index contributed by atoms with van der Waals surface area (Å²) in [7, 11) is 0. The number of rotatable bonds is 5. The number of nitrogens with zero attached hydrogens (tertiary/aromatic N) is 2. The molecule has 2 aromatic rings. The first-order valence-electron chi connectivity index (χ1n) is 7.97. The molecule has 1 unspecified atom stereocenters. The zero-order valence-corrected chi connectivity index (χ0v) is 13.5. The predicted molar refractivity (Wildman–Crippen MR) is 89.5 cm³/mol. The Morgan fingerprint density at radius 1 is 1.33 bits per heavy atom. The van der Waals surface area contributed by atoms with Gasteiger partial charge >= 0.3 is 0 Å². The van der Waals surface area contributed by atoms with E-state index in [0.29, 0.717) is 13.1 Å². The molecule has 1 fully saturated rings. The van der Waals surface area contributed by atoms with Crippen molar-refractivity contribution in [3.63, 3.8) is 0 Å². The minimum atomic E-state index is -0.556. The smallest absolute Gasteiger partial charge is 0.238 e. The number of hydrogen-bond donors (Lipinski definition) is 1. The molecule has 1 amide bonds. The molecule has 1 atom stereocenters. The minimum Gasteiger partial charge on any atom is -0.473 e. The summed E-state index contributed by atoms with van der Waals surface area (Å²) in [6.07, 6.45) is 0.709. The molecule has 5 nitrogen and oxygen atoms in total. The normalized spacial score (nSPS) is 17.7. The average molecular weight is 329 g/mol. The molecule has 1 N–H and O–H groups in total. The van der Waals surface area contributed by atoms with Crippen LogP contribution in [0.3, 0.4) is 0 Å². The molecule has 1 aromatic heterocycles. The zero-order valence-electron chi connectivity index (χ0n) is 13.5. The molecule has 1 saturated heterocycles. The third-order valence-electron chi connectivity index (χ3n) is 3.99.